The Bertz CT molecular complexity index is 2870. The lowest BCUT2D eigenvalue weighted by Crippen LogP contribution is -2.54. The first-order valence-corrected chi connectivity index (χ1v) is 24.2. The minimum absolute atomic E-state index is 0.00298. The number of rotatable bonds is 30. The molecule has 3 aromatic carbocycles. The predicted molar refractivity (Wildman–Crippen MR) is 265 cm³/mol. The van der Waals surface area contributed by atoms with Gasteiger partial charge in [-0.05, 0) is 30.7 Å². The minimum atomic E-state index is -1.03. The largest absolute Gasteiger partial charge is 0.382 e. The van der Waals surface area contributed by atoms with Crippen LogP contribution >= 0.6 is 0 Å². The number of piperidine rings is 1. The molecule has 73 heavy (non-hydrogen) atoms. The van der Waals surface area contributed by atoms with E-state index in [2.05, 4.69) is 21.3 Å². The molecule has 0 aliphatic carbocycles. The molecule has 0 saturated carbocycles. The maximum absolute atomic E-state index is 13.3. The van der Waals surface area contributed by atoms with Gasteiger partial charge < -0.3 is 52.9 Å². The van der Waals surface area contributed by atoms with Gasteiger partial charge in [0, 0.05) is 77.6 Å². The van der Waals surface area contributed by atoms with Crippen LogP contribution in [0.15, 0.2) is 79.1 Å². The fourth-order valence-electron chi connectivity index (χ4n) is 8.90. The summed E-state index contributed by atoms with van der Waals surface area (Å²) in [6, 6.07) is 19.1. The molecular formula is C52H59N7O14. The van der Waals surface area contributed by atoms with Crippen molar-refractivity contribution in [2.75, 3.05) is 111 Å². The Kier molecular flexibility index (Phi) is 18.3. The molecule has 5 heterocycles. The van der Waals surface area contributed by atoms with Gasteiger partial charge in [-0.2, -0.15) is 0 Å². The summed E-state index contributed by atoms with van der Waals surface area (Å²) in [5, 5.41) is 12.3. The topological polar surface area (TPSA) is 245 Å². The molecule has 8 rings (SSSR count). The number of ether oxygens (including phenoxy) is 7. The van der Waals surface area contributed by atoms with Crippen molar-refractivity contribution >= 4 is 80.0 Å². The first kappa shape index (κ1) is 52.2. The zero-order valence-electron chi connectivity index (χ0n) is 40.6. The van der Waals surface area contributed by atoms with Gasteiger partial charge >= 0.3 is 0 Å². The monoisotopic (exact) mass is 1010 g/mol. The number of nitrogens with zero attached hydrogens (tertiary/aromatic N) is 3. The molecule has 5 aromatic rings. The van der Waals surface area contributed by atoms with Crippen molar-refractivity contribution in [2.24, 2.45) is 7.05 Å². The molecule has 3 aliphatic heterocycles. The molecule has 0 bridgehead atoms. The predicted octanol–water partition coefficient (Wildman–Crippen LogP) is 2.45. The van der Waals surface area contributed by atoms with Crippen LogP contribution < -0.4 is 21.3 Å². The number of carbonyl (C=O) groups excluding carboxylic acids is 7. The second-order valence-corrected chi connectivity index (χ2v) is 17.1. The summed E-state index contributed by atoms with van der Waals surface area (Å²) in [6.07, 6.45) is 3.77. The fraction of sp³-hybridized carbons (Fsp3) is 0.404. The van der Waals surface area contributed by atoms with Crippen molar-refractivity contribution in [1.29, 1.82) is 0 Å². The van der Waals surface area contributed by atoms with Crippen molar-refractivity contribution in [3.63, 3.8) is 0 Å². The lowest BCUT2D eigenvalue weighted by Gasteiger charge is -2.27. The highest BCUT2D eigenvalue weighted by Gasteiger charge is 2.45. The summed E-state index contributed by atoms with van der Waals surface area (Å²) in [4.78, 5) is 90.7. The normalized spacial score (nSPS) is 15.8. The number of nitrogens with one attached hydrogen (secondary N) is 4. The van der Waals surface area contributed by atoms with Gasteiger partial charge in [0.1, 0.15) is 12.6 Å². The number of aryl methyl sites for hydroxylation is 1. The van der Waals surface area contributed by atoms with Crippen LogP contribution in [-0.2, 0) is 70.7 Å². The zero-order valence-corrected chi connectivity index (χ0v) is 40.6. The second-order valence-electron chi connectivity index (χ2n) is 17.1. The van der Waals surface area contributed by atoms with E-state index in [-0.39, 0.29) is 42.0 Å². The third kappa shape index (κ3) is 12.7. The number of aromatic nitrogens is 2. The van der Waals surface area contributed by atoms with E-state index in [0.29, 0.717) is 128 Å². The van der Waals surface area contributed by atoms with Crippen LogP contribution in [0, 0.1) is 0 Å². The molecule has 1 fully saturated rings. The van der Waals surface area contributed by atoms with Crippen molar-refractivity contribution in [3.05, 3.63) is 101 Å². The van der Waals surface area contributed by atoms with Gasteiger partial charge in [-0.25, -0.2) is 0 Å². The second kappa shape index (κ2) is 25.5. The maximum atomic E-state index is 13.3. The third-order valence-corrected chi connectivity index (χ3v) is 12.3. The highest BCUT2D eigenvalue weighted by atomic mass is 16.6. The number of anilines is 1. The Hall–Kier alpha value is -7.11. The number of carbonyl (C=O) groups is 7. The fourth-order valence-corrected chi connectivity index (χ4v) is 8.90. The van der Waals surface area contributed by atoms with Crippen molar-refractivity contribution < 1.29 is 66.7 Å². The molecule has 7 amide bonds. The Morgan fingerprint density at radius 2 is 1.10 bits per heavy atom. The van der Waals surface area contributed by atoms with E-state index >= 15 is 0 Å². The highest BCUT2D eigenvalue weighted by Crippen LogP contribution is 2.39. The van der Waals surface area contributed by atoms with E-state index in [4.69, 9.17) is 33.2 Å². The summed E-state index contributed by atoms with van der Waals surface area (Å²) in [6.45, 7) is 5.93. The summed E-state index contributed by atoms with van der Waals surface area (Å²) in [5.74, 6) is -3.38. The number of benzene rings is 3. The molecule has 21 heteroatoms. The van der Waals surface area contributed by atoms with Crippen LogP contribution in [-0.4, -0.2) is 167 Å². The highest BCUT2D eigenvalue weighted by molar-refractivity contribution is 6.50. The first-order valence-electron chi connectivity index (χ1n) is 24.2. The Morgan fingerprint density at radius 1 is 0.575 bits per heavy atom. The number of hydrogen-bond donors (Lipinski definition) is 4. The number of imide groups is 3. The average Bonchev–Trinajstić information content (AvgIpc) is 4.08. The molecule has 0 radical (unpaired) electrons. The van der Waals surface area contributed by atoms with Crippen molar-refractivity contribution in [2.45, 2.75) is 25.4 Å². The Labute approximate surface area is 420 Å². The van der Waals surface area contributed by atoms with Gasteiger partial charge in [-0.15, -0.1) is 0 Å². The van der Waals surface area contributed by atoms with Gasteiger partial charge in [0.25, 0.3) is 23.6 Å². The van der Waals surface area contributed by atoms with Gasteiger partial charge in [0.05, 0.1) is 115 Å². The van der Waals surface area contributed by atoms with Crippen LogP contribution in [0.3, 0.4) is 0 Å². The van der Waals surface area contributed by atoms with E-state index in [0.717, 1.165) is 26.7 Å². The maximum Gasteiger partial charge on any atom is 0.264 e. The standard InChI is InChI=1S/C52H59N7O14/c1-57-31-37(34-7-2-4-11-40(34)57)46-47(50(64)56-49(46)63)38-32-58(41-12-5-3-8-35(38)41)33-44(61)54-16-18-68-20-22-70-24-26-72-28-30-73-29-27-71-25-23-69-21-19-67-17-15-53-39-10-6-9-36-45(39)52(66)59(51(36)65)42-13-14-43(60)55-48(42)62/h2-12,31-32,42,53H,13-30,33H2,1H3,(H,54,61)(H,55,60,62)(H,56,63,64). The van der Waals surface area contributed by atoms with Crippen molar-refractivity contribution in [3.8, 4) is 0 Å². The number of fused-ring (bicyclic) bond motifs is 3. The molecule has 1 unspecified atom stereocenters. The lowest BCUT2D eigenvalue weighted by atomic mass is 9.95. The number of amides is 7. The summed E-state index contributed by atoms with van der Waals surface area (Å²) in [5.41, 5.74) is 4.38. The smallest absolute Gasteiger partial charge is 0.264 e. The zero-order chi connectivity index (χ0) is 51.1. The van der Waals surface area contributed by atoms with Crippen LogP contribution in [0.5, 0.6) is 0 Å². The summed E-state index contributed by atoms with van der Waals surface area (Å²) < 4.78 is 42.7. The van der Waals surface area contributed by atoms with Gasteiger partial charge in [-0.1, -0.05) is 42.5 Å². The molecule has 2 aromatic heterocycles. The van der Waals surface area contributed by atoms with Crippen LogP contribution in [0.25, 0.3) is 33.0 Å². The molecule has 1 atom stereocenters. The SMILES string of the molecule is Cn1cc(C2=C(c3cn(CC(=O)NCCOCCOCCOCCOCCOCCOCCOCCNc4cccc5c4C(=O)N(C4CCC(=O)NC4=O)C5=O)c4ccccc34)C(=O)NC2=O)c2ccccc21. The molecular weight excluding hydrogens is 947 g/mol. The van der Waals surface area contributed by atoms with Gasteiger partial charge in [0.2, 0.25) is 17.7 Å². The molecule has 4 N–H and O–H groups in total. The average molecular weight is 1010 g/mol. The molecule has 1 saturated heterocycles. The quantitative estimate of drug-likeness (QED) is 0.0382. The van der Waals surface area contributed by atoms with Crippen LogP contribution in [0.1, 0.15) is 44.7 Å². The third-order valence-electron chi connectivity index (χ3n) is 12.3. The van der Waals surface area contributed by atoms with E-state index in [9.17, 15) is 33.6 Å². The molecule has 0 spiro atoms. The summed E-state index contributed by atoms with van der Waals surface area (Å²) in [7, 11) is 1.90. The van der Waals surface area contributed by atoms with Gasteiger partial charge in [0.15, 0.2) is 0 Å². The summed E-state index contributed by atoms with van der Waals surface area (Å²) >= 11 is 0. The van der Waals surface area contributed by atoms with Gasteiger partial charge in [-0.3, -0.25) is 49.1 Å². The van der Waals surface area contributed by atoms with Crippen LogP contribution in [0.4, 0.5) is 5.69 Å². The number of hydrogen-bond acceptors (Lipinski definition) is 15. The molecule has 3 aliphatic rings. The van der Waals surface area contributed by atoms with E-state index < -0.39 is 41.5 Å². The minimum Gasteiger partial charge on any atom is -0.382 e. The Balaban J connectivity index is 0.600. The number of para-hydroxylation sites is 2. The first-order chi connectivity index (χ1) is 35.6. The Morgan fingerprint density at radius 3 is 1.68 bits per heavy atom. The lowest BCUT2D eigenvalue weighted by molar-refractivity contribution is -0.136. The van der Waals surface area contributed by atoms with E-state index in [1.807, 2.05) is 66.3 Å². The molecule has 386 valence electrons. The van der Waals surface area contributed by atoms with Crippen molar-refractivity contribution in [1.82, 2.24) is 30.0 Å². The van der Waals surface area contributed by atoms with Crippen LogP contribution in [0.2, 0.25) is 0 Å². The van der Waals surface area contributed by atoms with E-state index in [1.54, 1.807) is 29.0 Å². The molecule has 21 nitrogen and oxygen atoms in total. The van der Waals surface area contributed by atoms with E-state index in [1.165, 1.54) is 0 Å².